The van der Waals surface area contributed by atoms with Crippen molar-refractivity contribution in [1.29, 1.82) is 0 Å². The SMILES string of the molecule is Cc1ccc(COc2ccc(Cl)cc2CNC2CC2)cc1. The molecule has 1 fully saturated rings. The molecule has 21 heavy (non-hydrogen) atoms. The Kier molecular flexibility index (Phi) is 4.47. The standard InChI is InChI=1S/C18H20ClNO/c1-13-2-4-14(5-3-13)12-21-18-9-6-16(19)10-15(18)11-20-17-7-8-17/h2-6,9-10,17,20H,7-8,11-12H2,1H3. The number of halogens is 1. The zero-order valence-electron chi connectivity index (χ0n) is 12.2. The van der Waals surface area contributed by atoms with E-state index in [4.69, 9.17) is 16.3 Å². The van der Waals surface area contributed by atoms with E-state index in [9.17, 15) is 0 Å². The molecular weight excluding hydrogens is 282 g/mol. The van der Waals surface area contributed by atoms with Gasteiger partial charge in [0.25, 0.3) is 0 Å². The average molecular weight is 302 g/mol. The Morgan fingerprint density at radius 2 is 1.90 bits per heavy atom. The summed E-state index contributed by atoms with van der Waals surface area (Å²) >= 11 is 6.10. The van der Waals surface area contributed by atoms with Crippen LogP contribution in [0.15, 0.2) is 42.5 Å². The summed E-state index contributed by atoms with van der Waals surface area (Å²) < 4.78 is 5.97. The molecule has 3 heteroatoms. The summed E-state index contributed by atoms with van der Waals surface area (Å²) in [6.07, 6.45) is 2.56. The molecule has 0 amide bonds. The third-order valence-corrected chi connectivity index (χ3v) is 3.93. The lowest BCUT2D eigenvalue weighted by atomic mass is 10.1. The first-order valence-corrected chi connectivity index (χ1v) is 7.78. The third kappa shape index (κ3) is 4.23. The highest BCUT2D eigenvalue weighted by atomic mass is 35.5. The lowest BCUT2D eigenvalue weighted by molar-refractivity contribution is 0.302. The predicted molar refractivity (Wildman–Crippen MR) is 86.8 cm³/mol. The largest absolute Gasteiger partial charge is 0.489 e. The summed E-state index contributed by atoms with van der Waals surface area (Å²) in [7, 11) is 0. The molecule has 0 heterocycles. The van der Waals surface area contributed by atoms with Crippen molar-refractivity contribution in [1.82, 2.24) is 5.32 Å². The molecule has 0 aromatic heterocycles. The molecule has 110 valence electrons. The molecule has 2 aromatic rings. The van der Waals surface area contributed by atoms with E-state index < -0.39 is 0 Å². The highest BCUT2D eigenvalue weighted by Gasteiger charge is 2.20. The first-order valence-electron chi connectivity index (χ1n) is 7.41. The number of nitrogens with one attached hydrogen (secondary N) is 1. The summed E-state index contributed by atoms with van der Waals surface area (Å²) in [6, 6.07) is 14.9. The van der Waals surface area contributed by atoms with E-state index in [2.05, 4.69) is 36.5 Å². The lowest BCUT2D eigenvalue weighted by Gasteiger charge is -2.13. The van der Waals surface area contributed by atoms with Crippen molar-refractivity contribution in [3.05, 3.63) is 64.2 Å². The highest BCUT2D eigenvalue weighted by molar-refractivity contribution is 6.30. The molecule has 0 spiro atoms. The van der Waals surface area contributed by atoms with Gasteiger partial charge in [0.1, 0.15) is 12.4 Å². The summed E-state index contributed by atoms with van der Waals surface area (Å²) in [6.45, 7) is 3.48. The molecule has 1 aliphatic rings. The smallest absolute Gasteiger partial charge is 0.124 e. The van der Waals surface area contributed by atoms with Crippen molar-refractivity contribution in [2.45, 2.75) is 39.0 Å². The Labute approximate surface area is 131 Å². The van der Waals surface area contributed by atoms with E-state index in [0.29, 0.717) is 12.6 Å². The molecule has 0 bridgehead atoms. The quantitative estimate of drug-likeness (QED) is 0.849. The van der Waals surface area contributed by atoms with Crippen LogP contribution < -0.4 is 10.1 Å². The molecular formula is C18H20ClNO. The molecule has 1 N–H and O–H groups in total. The summed E-state index contributed by atoms with van der Waals surface area (Å²) in [5.41, 5.74) is 3.57. The molecule has 1 saturated carbocycles. The van der Waals surface area contributed by atoms with Crippen molar-refractivity contribution >= 4 is 11.6 Å². The number of hydrogen-bond donors (Lipinski definition) is 1. The normalized spacial score (nSPS) is 14.2. The first-order chi connectivity index (χ1) is 10.2. The fraction of sp³-hybridized carbons (Fsp3) is 0.333. The third-order valence-electron chi connectivity index (χ3n) is 3.70. The first kappa shape index (κ1) is 14.4. The van der Waals surface area contributed by atoms with Gasteiger partial charge in [-0.1, -0.05) is 41.4 Å². The van der Waals surface area contributed by atoms with Crippen molar-refractivity contribution in [3.8, 4) is 5.75 Å². The minimum Gasteiger partial charge on any atom is -0.489 e. The van der Waals surface area contributed by atoms with Gasteiger partial charge >= 0.3 is 0 Å². The second-order valence-corrected chi connectivity index (χ2v) is 6.12. The van der Waals surface area contributed by atoms with Crippen LogP contribution in [0.1, 0.15) is 29.5 Å². The Bertz CT molecular complexity index is 605. The van der Waals surface area contributed by atoms with Crippen LogP contribution in [0.4, 0.5) is 0 Å². The molecule has 0 radical (unpaired) electrons. The zero-order chi connectivity index (χ0) is 14.7. The maximum atomic E-state index is 6.10. The zero-order valence-corrected chi connectivity index (χ0v) is 13.0. The molecule has 0 saturated heterocycles. The lowest BCUT2D eigenvalue weighted by Crippen LogP contribution is -2.16. The van der Waals surface area contributed by atoms with Crippen LogP contribution >= 0.6 is 11.6 Å². The Balaban J connectivity index is 1.66. The van der Waals surface area contributed by atoms with E-state index >= 15 is 0 Å². The topological polar surface area (TPSA) is 21.3 Å². The van der Waals surface area contributed by atoms with Crippen LogP contribution in [-0.4, -0.2) is 6.04 Å². The van der Waals surface area contributed by atoms with Crippen molar-refractivity contribution < 1.29 is 4.74 Å². The van der Waals surface area contributed by atoms with Crippen LogP contribution in [-0.2, 0) is 13.2 Å². The molecule has 0 unspecified atom stereocenters. The molecule has 3 rings (SSSR count). The van der Waals surface area contributed by atoms with Gasteiger partial charge in [0.2, 0.25) is 0 Å². The van der Waals surface area contributed by atoms with Crippen molar-refractivity contribution in [3.63, 3.8) is 0 Å². The van der Waals surface area contributed by atoms with Crippen LogP contribution in [0.25, 0.3) is 0 Å². The fourth-order valence-electron chi connectivity index (χ4n) is 2.21. The maximum absolute atomic E-state index is 6.10. The van der Waals surface area contributed by atoms with Crippen LogP contribution in [0.3, 0.4) is 0 Å². The molecule has 2 aromatic carbocycles. The van der Waals surface area contributed by atoms with Gasteiger partial charge in [-0.25, -0.2) is 0 Å². The molecule has 1 aliphatic carbocycles. The van der Waals surface area contributed by atoms with Crippen LogP contribution in [0.5, 0.6) is 5.75 Å². The van der Waals surface area contributed by atoms with Gasteiger partial charge in [0.05, 0.1) is 0 Å². The van der Waals surface area contributed by atoms with E-state index in [1.165, 1.54) is 24.0 Å². The number of ether oxygens (including phenoxy) is 1. The summed E-state index contributed by atoms with van der Waals surface area (Å²) in [5, 5.41) is 4.26. The van der Waals surface area contributed by atoms with Gasteiger partial charge in [-0.15, -0.1) is 0 Å². The number of aryl methyl sites for hydroxylation is 1. The van der Waals surface area contributed by atoms with Gasteiger partial charge in [-0.2, -0.15) is 0 Å². The Morgan fingerprint density at radius 1 is 1.14 bits per heavy atom. The van der Waals surface area contributed by atoms with Crippen LogP contribution in [0.2, 0.25) is 5.02 Å². The Morgan fingerprint density at radius 3 is 2.62 bits per heavy atom. The van der Waals surface area contributed by atoms with Gasteiger partial charge in [0.15, 0.2) is 0 Å². The second kappa shape index (κ2) is 6.50. The molecule has 0 atom stereocenters. The fourth-order valence-corrected chi connectivity index (χ4v) is 2.41. The number of benzene rings is 2. The maximum Gasteiger partial charge on any atom is 0.124 e. The van der Waals surface area contributed by atoms with E-state index in [0.717, 1.165) is 22.9 Å². The van der Waals surface area contributed by atoms with Crippen molar-refractivity contribution in [2.24, 2.45) is 0 Å². The summed E-state index contributed by atoms with van der Waals surface area (Å²) in [5.74, 6) is 0.910. The highest BCUT2D eigenvalue weighted by Crippen LogP contribution is 2.26. The van der Waals surface area contributed by atoms with E-state index in [1.807, 2.05) is 18.2 Å². The van der Waals surface area contributed by atoms with Gasteiger partial charge in [-0.05, 0) is 43.5 Å². The number of hydrogen-bond acceptors (Lipinski definition) is 2. The van der Waals surface area contributed by atoms with Gasteiger partial charge in [0, 0.05) is 23.2 Å². The predicted octanol–water partition coefficient (Wildman–Crippen LogP) is 4.48. The van der Waals surface area contributed by atoms with Crippen molar-refractivity contribution in [2.75, 3.05) is 0 Å². The van der Waals surface area contributed by atoms with E-state index in [-0.39, 0.29) is 0 Å². The second-order valence-electron chi connectivity index (χ2n) is 5.68. The summed E-state index contributed by atoms with van der Waals surface area (Å²) in [4.78, 5) is 0. The van der Waals surface area contributed by atoms with Gasteiger partial charge < -0.3 is 10.1 Å². The van der Waals surface area contributed by atoms with Crippen LogP contribution in [0, 0.1) is 6.92 Å². The Hall–Kier alpha value is -1.51. The number of rotatable bonds is 6. The average Bonchev–Trinajstić information content (AvgIpc) is 3.30. The van der Waals surface area contributed by atoms with Gasteiger partial charge in [-0.3, -0.25) is 0 Å². The monoisotopic (exact) mass is 301 g/mol. The van der Waals surface area contributed by atoms with E-state index in [1.54, 1.807) is 0 Å². The minimum absolute atomic E-state index is 0.582. The molecule has 0 aliphatic heterocycles. The molecule has 2 nitrogen and oxygen atoms in total. The minimum atomic E-state index is 0.582.